The van der Waals surface area contributed by atoms with E-state index in [0.717, 1.165) is 57.1 Å². The molecule has 1 amide bonds. The molecule has 6 nitrogen and oxygen atoms in total. The zero-order chi connectivity index (χ0) is 20.3. The zero-order valence-electron chi connectivity index (χ0n) is 17.4. The number of piperazine rings is 1. The van der Waals surface area contributed by atoms with Crippen LogP contribution in [0.1, 0.15) is 24.4 Å². The number of quaternary nitrogens is 1. The molecule has 6 heteroatoms. The quantitative estimate of drug-likeness (QED) is 0.834. The maximum absolute atomic E-state index is 13.0. The third-order valence-corrected chi connectivity index (χ3v) is 6.58. The van der Waals surface area contributed by atoms with Gasteiger partial charge in [-0.05, 0) is 30.3 Å². The average molecular weight is 409 g/mol. The molecule has 0 bridgehead atoms. The number of anilines is 1. The Kier molecular flexibility index (Phi) is 5.49. The van der Waals surface area contributed by atoms with Crippen LogP contribution < -0.4 is 19.3 Å². The van der Waals surface area contributed by atoms with Crippen molar-refractivity contribution < 1.29 is 19.2 Å². The van der Waals surface area contributed by atoms with Crippen LogP contribution in [0.5, 0.6) is 11.5 Å². The van der Waals surface area contributed by atoms with E-state index in [0.29, 0.717) is 25.8 Å². The number of carbonyl (C=O) groups excluding carboxylic acids is 1. The molecule has 0 aliphatic carbocycles. The highest BCUT2D eigenvalue weighted by molar-refractivity contribution is 5.77. The monoisotopic (exact) mass is 408 g/mol. The Morgan fingerprint density at radius 1 is 0.967 bits per heavy atom. The lowest BCUT2D eigenvalue weighted by molar-refractivity contribution is -0.910. The van der Waals surface area contributed by atoms with Crippen molar-refractivity contribution in [3.05, 3.63) is 54.1 Å². The minimum absolute atomic E-state index is 0.280. The topological polar surface area (TPSA) is 46.5 Å². The highest BCUT2D eigenvalue weighted by atomic mass is 16.6. The molecular weight excluding hydrogens is 378 g/mol. The SMILES string of the molecule is O=C(C[NH+]1CCC[C@@H]1c1ccc2c(c1)OCCO2)N1CCN(c2ccccc2)CC1. The number of amides is 1. The molecule has 3 aliphatic heterocycles. The largest absolute Gasteiger partial charge is 0.486 e. The Bertz CT molecular complexity index is 881. The van der Waals surface area contributed by atoms with Crippen molar-refractivity contribution in [2.75, 3.05) is 57.4 Å². The summed E-state index contributed by atoms with van der Waals surface area (Å²) in [7, 11) is 0. The van der Waals surface area contributed by atoms with Crippen LogP contribution in [0.4, 0.5) is 5.69 Å². The fraction of sp³-hybridized carbons (Fsp3) is 0.458. The summed E-state index contributed by atoms with van der Waals surface area (Å²) in [6.45, 7) is 6.24. The number of hydrogen-bond donors (Lipinski definition) is 1. The summed E-state index contributed by atoms with van der Waals surface area (Å²) >= 11 is 0. The highest BCUT2D eigenvalue weighted by Crippen LogP contribution is 2.33. The van der Waals surface area contributed by atoms with Crippen LogP contribution in [0, 0.1) is 0 Å². The van der Waals surface area contributed by atoms with Gasteiger partial charge < -0.3 is 24.2 Å². The van der Waals surface area contributed by atoms with E-state index in [1.165, 1.54) is 16.2 Å². The molecule has 0 saturated carbocycles. The van der Waals surface area contributed by atoms with Crippen LogP contribution in [0.3, 0.4) is 0 Å². The van der Waals surface area contributed by atoms with E-state index in [9.17, 15) is 4.79 Å². The molecule has 2 atom stereocenters. The Hall–Kier alpha value is -2.73. The standard InChI is InChI=1S/C24H29N3O3/c28-24(26-13-11-25(12-14-26)20-5-2-1-3-6-20)18-27-10-4-7-21(27)19-8-9-22-23(17-19)30-16-15-29-22/h1-3,5-6,8-9,17,21H,4,7,10-16,18H2/p+1/t21-/m1/s1. The van der Waals surface area contributed by atoms with Crippen molar-refractivity contribution in [1.29, 1.82) is 0 Å². The van der Waals surface area contributed by atoms with Crippen molar-refractivity contribution in [1.82, 2.24) is 4.90 Å². The molecule has 158 valence electrons. The number of nitrogens with one attached hydrogen (secondary N) is 1. The first-order chi connectivity index (χ1) is 14.8. The molecule has 2 fully saturated rings. The number of rotatable bonds is 4. The first-order valence-corrected chi connectivity index (χ1v) is 11.1. The first-order valence-electron chi connectivity index (χ1n) is 11.1. The third kappa shape index (κ3) is 3.97. The Morgan fingerprint density at radius 2 is 1.73 bits per heavy atom. The molecule has 0 aromatic heterocycles. The lowest BCUT2D eigenvalue weighted by Crippen LogP contribution is -3.11. The molecule has 0 radical (unpaired) electrons. The maximum atomic E-state index is 13.0. The molecule has 1 unspecified atom stereocenters. The first kappa shape index (κ1) is 19.2. The van der Waals surface area contributed by atoms with Crippen LogP contribution in [0.15, 0.2) is 48.5 Å². The second kappa shape index (κ2) is 8.56. The summed E-state index contributed by atoms with van der Waals surface area (Å²) in [5.41, 5.74) is 2.50. The van der Waals surface area contributed by atoms with Crippen molar-refractivity contribution >= 4 is 11.6 Å². The number of likely N-dealkylation sites (tertiary alicyclic amines) is 1. The molecule has 3 aliphatic rings. The summed E-state index contributed by atoms with van der Waals surface area (Å²) in [6.07, 6.45) is 2.27. The van der Waals surface area contributed by atoms with Gasteiger partial charge in [0.15, 0.2) is 18.0 Å². The van der Waals surface area contributed by atoms with Gasteiger partial charge in [0, 0.05) is 50.3 Å². The van der Waals surface area contributed by atoms with E-state index in [4.69, 9.17) is 9.47 Å². The summed E-state index contributed by atoms with van der Waals surface area (Å²) in [5.74, 6) is 1.95. The van der Waals surface area contributed by atoms with E-state index < -0.39 is 0 Å². The molecule has 30 heavy (non-hydrogen) atoms. The number of carbonyl (C=O) groups is 1. The number of benzene rings is 2. The zero-order valence-corrected chi connectivity index (χ0v) is 17.4. The third-order valence-electron chi connectivity index (χ3n) is 6.58. The van der Waals surface area contributed by atoms with Crippen molar-refractivity contribution in [3.8, 4) is 11.5 Å². The van der Waals surface area contributed by atoms with Crippen LogP contribution in [0.25, 0.3) is 0 Å². The summed E-state index contributed by atoms with van der Waals surface area (Å²) in [4.78, 5) is 18.8. The lowest BCUT2D eigenvalue weighted by Gasteiger charge is -2.36. The van der Waals surface area contributed by atoms with Crippen molar-refractivity contribution in [3.63, 3.8) is 0 Å². The van der Waals surface area contributed by atoms with E-state index in [2.05, 4.69) is 41.3 Å². The normalized spacial score (nSPS) is 23.5. The predicted octanol–water partition coefficient (Wildman–Crippen LogP) is 1.53. The predicted molar refractivity (Wildman–Crippen MR) is 115 cm³/mol. The van der Waals surface area contributed by atoms with E-state index in [1.54, 1.807) is 0 Å². The summed E-state index contributed by atoms with van der Waals surface area (Å²) < 4.78 is 11.4. The number of nitrogens with zero attached hydrogens (tertiary/aromatic N) is 2. The second-order valence-corrected chi connectivity index (χ2v) is 8.39. The maximum Gasteiger partial charge on any atom is 0.277 e. The van der Waals surface area contributed by atoms with Crippen LogP contribution in [-0.4, -0.2) is 63.3 Å². The fourth-order valence-corrected chi connectivity index (χ4v) is 4.96. The van der Waals surface area contributed by atoms with Gasteiger partial charge in [0.05, 0.1) is 6.54 Å². The minimum Gasteiger partial charge on any atom is -0.486 e. The molecular formula is C24H30N3O3+. The van der Waals surface area contributed by atoms with Crippen molar-refractivity contribution in [2.24, 2.45) is 0 Å². The number of fused-ring (bicyclic) bond motifs is 1. The second-order valence-electron chi connectivity index (χ2n) is 8.39. The van der Waals surface area contributed by atoms with Crippen LogP contribution in [0.2, 0.25) is 0 Å². The number of para-hydroxylation sites is 1. The lowest BCUT2D eigenvalue weighted by atomic mass is 10.0. The molecule has 0 spiro atoms. The van der Waals surface area contributed by atoms with Gasteiger partial charge in [-0.3, -0.25) is 4.79 Å². The van der Waals surface area contributed by atoms with Gasteiger partial charge in [0.25, 0.3) is 5.91 Å². The van der Waals surface area contributed by atoms with Gasteiger partial charge in [-0.1, -0.05) is 18.2 Å². The van der Waals surface area contributed by atoms with Crippen LogP contribution >= 0.6 is 0 Å². The highest BCUT2D eigenvalue weighted by Gasteiger charge is 2.34. The molecule has 2 aromatic carbocycles. The van der Waals surface area contributed by atoms with Gasteiger partial charge in [-0.2, -0.15) is 0 Å². The molecule has 5 rings (SSSR count). The van der Waals surface area contributed by atoms with Gasteiger partial charge in [-0.15, -0.1) is 0 Å². The van der Waals surface area contributed by atoms with Gasteiger partial charge in [0.1, 0.15) is 19.3 Å². The Balaban J connectivity index is 1.20. The Morgan fingerprint density at radius 3 is 2.53 bits per heavy atom. The van der Waals surface area contributed by atoms with E-state index in [1.807, 2.05) is 17.0 Å². The summed E-state index contributed by atoms with van der Waals surface area (Å²) in [5, 5.41) is 0. The van der Waals surface area contributed by atoms with Crippen molar-refractivity contribution in [2.45, 2.75) is 18.9 Å². The van der Waals surface area contributed by atoms with Gasteiger partial charge in [0.2, 0.25) is 0 Å². The smallest absolute Gasteiger partial charge is 0.277 e. The fourth-order valence-electron chi connectivity index (χ4n) is 4.96. The molecule has 3 heterocycles. The van der Waals surface area contributed by atoms with E-state index in [-0.39, 0.29) is 5.91 Å². The molecule has 2 saturated heterocycles. The Labute approximate surface area is 178 Å². The minimum atomic E-state index is 0.280. The average Bonchev–Trinajstić information content (AvgIpc) is 3.27. The number of hydrogen-bond acceptors (Lipinski definition) is 4. The number of ether oxygens (including phenoxy) is 2. The summed E-state index contributed by atoms with van der Waals surface area (Å²) in [6, 6.07) is 17.1. The molecule has 2 aromatic rings. The van der Waals surface area contributed by atoms with Gasteiger partial charge in [-0.25, -0.2) is 0 Å². The van der Waals surface area contributed by atoms with Gasteiger partial charge >= 0.3 is 0 Å². The molecule has 1 N–H and O–H groups in total. The van der Waals surface area contributed by atoms with Crippen LogP contribution in [-0.2, 0) is 4.79 Å². The van der Waals surface area contributed by atoms with E-state index >= 15 is 0 Å².